The third kappa shape index (κ3) is 4.54. The summed E-state index contributed by atoms with van der Waals surface area (Å²) in [7, 11) is -3.78. The maximum atomic E-state index is 14.7. The number of nitrogens with zero attached hydrogens (tertiary/aromatic N) is 4. The average molecular weight is 473 g/mol. The molecule has 1 aromatic carbocycles. The number of hydrogen-bond donors (Lipinski definition) is 0. The molecule has 174 valence electrons. The zero-order valence-electron chi connectivity index (χ0n) is 18.1. The smallest absolute Gasteiger partial charge is 0.184 e. The van der Waals surface area contributed by atoms with Crippen LogP contribution < -0.4 is 0 Å². The highest BCUT2D eigenvalue weighted by Crippen LogP contribution is 2.38. The van der Waals surface area contributed by atoms with Gasteiger partial charge in [-0.3, -0.25) is 19.4 Å². The third-order valence-electron chi connectivity index (χ3n) is 6.42. The van der Waals surface area contributed by atoms with Gasteiger partial charge in [-0.15, -0.1) is 0 Å². The van der Waals surface area contributed by atoms with E-state index >= 15 is 0 Å². The van der Waals surface area contributed by atoms with Gasteiger partial charge in [-0.25, -0.2) is 12.8 Å². The van der Waals surface area contributed by atoms with E-state index in [9.17, 15) is 17.6 Å². The molecule has 0 radical (unpaired) electrons. The fourth-order valence-electron chi connectivity index (χ4n) is 4.46. The molecule has 0 N–H and O–H groups in total. The predicted octanol–water partition coefficient (Wildman–Crippen LogP) is 3.07. The molecule has 2 aromatic heterocycles. The number of carbonyl (C=O) groups is 1. The number of sulfone groups is 1. The molecular formula is C23H25FN4O4S. The van der Waals surface area contributed by atoms with Gasteiger partial charge in [0, 0.05) is 43.4 Å². The van der Waals surface area contributed by atoms with Crippen LogP contribution in [0.5, 0.6) is 0 Å². The number of carbonyl (C=O) groups excluding carboxylic acids is 1. The molecule has 3 aromatic rings. The maximum absolute atomic E-state index is 14.7. The molecule has 1 unspecified atom stereocenters. The Labute approximate surface area is 191 Å². The summed E-state index contributed by atoms with van der Waals surface area (Å²) in [5.41, 5.74) is 0.916. The van der Waals surface area contributed by atoms with Crippen molar-refractivity contribution in [3.63, 3.8) is 0 Å². The van der Waals surface area contributed by atoms with Crippen LogP contribution in [0.3, 0.4) is 0 Å². The molecule has 1 saturated carbocycles. The molecule has 1 aliphatic heterocycles. The number of hydrogen-bond acceptors (Lipinski definition) is 7. The molecule has 2 aliphatic rings. The largest absolute Gasteiger partial charge is 0.381 e. The van der Waals surface area contributed by atoms with E-state index in [0.29, 0.717) is 43.7 Å². The number of rotatable bonds is 8. The number of ether oxygens (including phenoxy) is 1. The lowest BCUT2D eigenvalue weighted by Crippen LogP contribution is -2.27. The van der Waals surface area contributed by atoms with Crippen LogP contribution in [0.2, 0.25) is 0 Å². The van der Waals surface area contributed by atoms with Crippen LogP contribution in [-0.2, 0) is 25.8 Å². The lowest BCUT2D eigenvalue weighted by atomic mass is 9.90. The van der Waals surface area contributed by atoms with Crippen molar-refractivity contribution in [2.24, 2.45) is 5.92 Å². The minimum absolute atomic E-state index is 0.0829. The van der Waals surface area contributed by atoms with Gasteiger partial charge >= 0.3 is 0 Å². The molecule has 0 amide bonds. The van der Waals surface area contributed by atoms with Crippen LogP contribution in [-0.4, -0.2) is 52.4 Å². The Morgan fingerprint density at radius 3 is 2.67 bits per heavy atom. The van der Waals surface area contributed by atoms with E-state index in [1.165, 1.54) is 23.1 Å². The number of fused-ring (bicyclic) bond motifs is 1. The lowest BCUT2D eigenvalue weighted by molar-refractivity contribution is -0.122. The van der Waals surface area contributed by atoms with E-state index in [1.807, 2.05) is 0 Å². The summed E-state index contributed by atoms with van der Waals surface area (Å²) in [6.07, 6.45) is 9.54. The van der Waals surface area contributed by atoms with E-state index in [1.54, 1.807) is 12.4 Å². The Morgan fingerprint density at radius 1 is 1.18 bits per heavy atom. The molecule has 3 heterocycles. The summed E-state index contributed by atoms with van der Waals surface area (Å²) in [4.78, 5) is 21.3. The Bertz CT molecular complexity index is 1270. The first-order valence-corrected chi connectivity index (χ1v) is 12.7. The molecule has 1 saturated heterocycles. The number of benzene rings is 1. The normalized spacial score (nSPS) is 18.5. The second-order valence-electron chi connectivity index (χ2n) is 8.81. The van der Waals surface area contributed by atoms with Gasteiger partial charge in [0.15, 0.2) is 15.6 Å². The molecule has 5 rings (SSSR count). The van der Waals surface area contributed by atoms with Crippen molar-refractivity contribution in [2.75, 3.05) is 13.2 Å². The topological polar surface area (TPSA) is 104 Å². The predicted molar refractivity (Wildman–Crippen MR) is 118 cm³/mol. The van der Waals surface area contributed by atoms with Gasteiger partial charge in [0.05, 0.1) is 22.9 Å². The fraction of sp³-hybridized carbons (Fsp3) is 0.478. The van der Waals surface area contributed by atoms with Gasteiger partial charge < -0.3 is 4.74 Å². The van der Waals surface area contributed by atoms with Gasteiger partial charge in [-0.05, 0) is 50.2 Å². The van der Waals surface area contributed by atoms with Gasteiger partial charge in [0.1, 0.15) is 16.8 Å². The van der Waals surface area contributed by atoms with Gasteiger partial charge in [0.2, 0.25) is 0 Å². The summed E-state index contributed by atoms with van der Waals surface area (Å²) in [6.45, 7) is 1.29. The van der Waals surface area contributed by atoms with Crippen molar-refractivity contribution in [1.82, 2.24) is 19.7 Å². The molecule has 8 nitrogen and oxygen atoms in total. The van der Waals surface area contributed by atoms with Crippen LogP contribution in [0.25, 0.3) is 10.9 Å². The van der Waals surface area contributed by atoms with E-state index < -0.39 is 26.9 Å². The first kappa shape index (κ1) is 22.1. The zero-order chi connectivity index (χ0) is 23.0. The third-order valence-corrected chi connectivity index (χ3v) is 8.75. The van der Waals surface area contributed by atoms with Crippen LogP contribution in [0.1, 0.15) is 43.8 Å². The highest BCUT2D eigenvalue weighted by atomic mass is 32.2. The minimum Gasteiger partial charge on any atom is -0.381 e. The summed E-state index contributed by atoms with van der Waals surface area (Å²) in [5.74, 6) is -0.601. The van der Waals surface area contributed by atoms with E-state index in [2.05, 4.69) is 15.1 Å². The molecule has 0 spiro atoms. The molecule has 1 atom stereocenters. The van der Waals surface area contributed by atoms with Gasteiger partial charge in [0.25, 0.3) is 0 Å². The summed E-state index contributed by atoms with van der Waals surface area (Å²) < 4.78 is 47.5. The number of Topliss-reactive ketones (excluding diaryl/α,β-unsaturated/α-hetero) is 1. The Balaban J connectivity index is 1.53. The van der Waals surface area contributed by atoms with Crippen molar-refractivity contribution in [1.29, 1.82) is 0 Å². The van der Waals surface area contributed by atoms with E-state index in [-0.39, 0.29) is 28.4 Å². The Hall–Kier alpha value is -2.72. The SMILES string of the molecule is O=C(Cc1cnccn1)C(CC1CCOCC1)n1cc2c(S(=O)(=O)C3CC3)c(F)ccc2n1. The molecule has 10 heteroatoms. The van der Waals surface area contributed by atoms with E-state index in [0.717, 1.165) is 18.9 Å². The molecule has 2 fully saturated rings. The first-order valence-electron chi connectivity index (χ1n) is 11.2. The number of halogens is 1. The Kier molecular flexibility index (Phi) is 5.96. The molecular weight excluding hydrogens is 447 g/mol. The number of aromatic nitrogens is 4. The fourth-order valence-corrected chi connectivity index (χ4v) is 6.35. The monoisotopic (exact) mass is 472 g/mol. The van der Waals surface area contributed by atoms with Crippen LogP contribution in [0.4, 0.5) is 4.39 Å². The summed E-state index contributed by atoms with van der Waals surface area (Å²) in [5, 5.41) is 4.22. The van der Waals surface area contributed by atoms with Crippen molar-refractivity contribution < 1.29 is 22.3 Å². The molecule has 33 heavy (non-hydrogen) atoms. The molecule has 1 aliphatic carbocycles. The van der Waals surface area contributed by atoms with E-state index in [4.69, 9.17) is 4.74 Å². The standard InChI is InChI=1S/C23H25FN4O4S/c24-19-3-4-20-18(23(19)33(30,31)17-1-2-17)14-28(27-20)21(11-15-5-9-32-10-6-15)22(29)12-16-13-25-7-8-26-16/h3-4,7-8,13-15,17,21H,1-2,5-6,9-12H2. The summed E-state index contributed by atoms with van der Waals surface area (Å²) >= 11 is 0. The highest BCUT2D eigenvalue weighted by molar-refractivity contribution is 7.92. The zero-order valence-corrected chi connectivity index (χ0v) is 18.9. The quantitative estimate of drug-likeness (QED) is 0.496. The van der Waals surface area contributed by atoms with Crippen molar-refractivity contribution in [3.8, 4) is 0 Å². The molecule has 0 bridgehead atoms. The summed E-state index contributed by atoms with van der Waals surface area (Å²) in [6, 6.07) is 1.98. The van der Waals surface area contributed by atoms with Crippen molar-refractivity contribution in [3.05, 3.63) is 48.4 Å². The maximum Gasteiger partial charge on any atom is 0.184 e. The van der Waals surface area contributed by atoms with Crippen LogP contribution in [0, 0.1) is 11.7 Å². The minimum atomic E-state index is -3.78. The first-order chi connectivity index (χ1) is 15.9. The van der Waals surface area contributed by atoms with Gasteiger partial charge in [-0.1, -0.05) is 0 Å². The second kappa shape index (κ2) is 8.90. The second-order valence-corrected chi connectivity index (χ2v) is 11.0. The lowest BCUT2D eigenvalue weighted by Gasteiger charge is -2.26. The highest BCUT2D eigenvalue weighted by Gasteiger charge is 2.40. The van der Waals surface area contributed by atoms with Crippen LogP contribution >= 0.6 is 0 Å². The number of ketones is 1. The van der Waals surface area contributed by atoms with Crippen LogP contribution in [0.15, 0.2) is 41.8 Å². The van der Waals surface area contributed by atoms with Crippen molar-refractivity contribution in [2.45, 2.75) is 54.7 Å². The van der Waals surface area contributed by atoms with Crippen molar-refractivity contribution >= 4 is 26.5 Å². The average Bonchev–Trinajstić information content (AvgIpc) is 3.59. The Morgan fingerprint density at radius 2 is 1.97 bits per heavy atom. The van der Waals surface area contributed by atoms with Gasteiger partial charge in [-0.2, -0.15) is 5.10 Å².